The number of hydrogen-bond donors (Lipinski definition) is 1. The van der Waals surface area contributed by atoms with Crippen LogP contribution in [0.25, 0.3) is 0 Å². The lowest BCUT2D eigenvalue weighted by Crippen LogP contribution is -2.18. The van der Waals surface area contributed by atoms with Crippen LogP contribution in [0.15, 0.2) is 6.33 Å². The lowest BCUT2D eigenvalue weighted by Gasteiger charge is -2.20. The van der Waals surface area contributed by atoms with Gasteiger partial charge >= 0.3 is 0 Å². The average molecular weight is 166 g/mol. The van der Waals surface area contributed by atoms with Gasteiger partial charge < -0.3 is 9.67 Å². The molecule has 1 atom stereocenters. The van der Waals surface area contributed by atoms with Crippen molar-refractivity contribution >= 4 is 0 Å². The first-order valence-corrected chi connectivity index (χ1v) is 4.41. The van der Waals surface area contributed by atoms with Gasteiger partial charge in [0.25, 0.3) is 0 Å². The Labute approximate surface area is 72.0 Å². The Morgan fingerprint density at radius 2 is 2.58 bits per heavy atom. The van der Waals surface area contributed by atoms with Gasteiger partial charge in [-0.2, -0.15) is 0 Å². The molecule has 3 nitrogen and oxygen atoms in total. The number of aryl methyl sites for hydroxylation is 2. The largest absolute Gasteiger partial charge is 0.396 e. The van der Waals surface area contributed by atoms with Crippen molar-refractivity contribution in [2.24, 2.45) is 13.0 Å². The summed E-state index contributed by atoms with van der Waals surface area (Å²) in [4.78, 5) is 4.31. The van der Waals surface area contributed by atoms with Crippen LogP contribution in [0, 0.1) is 5.92 Å². The molecule has 0 aromatic carbocycles. The van der Waals surface area contributed by atoms with E-state index < -0.39 is 0 Å². The Morgan fingerprint density at radius 1 is 1.75 bits per heavy atom. The highest BCUT2D eigenvalue weighted by molar-refractivity contribution is 5.16. The van der Waals surface area contributed by atoms with Gasteiger partial charge in [-0.15, -0.1) is 0 Å². The third-order valence-electron chi connectivity index (χ3n) is 2.68. The van der Waals surface area contributed by atoms with E-state index in [0.29, 0.717) is 12.5 Å². The van der Waals surface area contributed by atoms with Crippen LogP contribution >= 0.6 is 0 Å². The lowest BCUT2D eigenvalue weighted by atomic mass is 9.90. The first-order valence-electron chi connectivity index (χ1n) is 4.41. The van der Waals surface area contributed by atoms with Crippen LogP contribution in [-0.2, 0) is 19.9 Å². The van der Waals surface area contributed by atoms with Crippen LogP contribution in [-0.4, -0.2) is 21.3 Å². The second-order valence-electron chi connectivity index (χ2n) is 3.54. The van der Waals surface area contributed by atoms with Crippen molar-refractivity contribution in [2.75, 3.05) is 6.61 Å². The topological polar surface area (TPSA) is 38.0 Å². The minimum Gasteiger partial charge on any atom is -0.396 e. The van der Waals surface area contributed by atoms with Crippen LogP contribution in [0.1, 0.15) is 17.8 Å². The molecule has 1 aliphatic carbocycles. The zero-order valence-corrected chi connectivity index (χ0v) is 7.32. The Bertz CT molecular complexity index is 280. The average Bonchev–Trinajstić information content (AvgIpc) is 2.47. The number of nitrogens with zero attached hydrogens (tertiary/aromatic N) is 2. The van der Waals surface area contributed by atoms with Crippen LogP contribution in [0.5, 0.6) is 0 Å². The van der Waals surface area contributed by atoms with E-state index >= 15 is 0 Å². The maximum atomic E-state index is 9.02. The molecule has 66 valence electrons. The predicted molar refractivity (Wildman–Crippen MR) is 45.8 cm³/mol. The third kappa shape index (κ3) is 1.14. The summed E-state index contributed by atoms with van der Waals surface area (Å²) in [7, 11) is 2.02. The molecule has 0 fully saturated rings. The van der Waals surface area contributed by atoms with Gasteiger partial charge in [0.15, 0.2) is 0 Å². The molecule has 0 saturated heterocycles. The quantitative estimate of drug-likeness (QED) is 0.660. The molecule has 0 bridgehead atoms. The summed E-state index contributed by atoms with van der Waals surface area (Å²) in [6, 6.07) is 0. The SMILES string of the molecule is Cn1cnc2c1CC(CO)CC2. The molecule has 0 saturated carbocycles. The van der Waals surface area contributed by atoms with E-state index in [0.717, 1.165) is 19.3 Å². The van der Waals surface area contributed by atoms with E-state index in [-0.39, 0.29) is 0 Å². The summed E-state index contributed by atoms with van der Waals surface area (Å²) in [5.74, 6) is 0.452. The number of aliphatic hydroxyl groups is 1. The number of aromatic nitrogens is 2. The number of imidazole rings is 1. The number of rotatable bonds is 1. The van der Waals surface area contributed by atoms with Crippen LogP contribution in [0.3, 0.4) is 0 Å². The standard InChI is InChI=1S/C9H14N2O/c1-11-6-10-8-3-2-7(5-12)4-9(8)11/h6-7,12H,2-5H2,1H3. The fourth-order valence-corrected chi connectivity index (χ4v) is 1.85. The van der Waals surface area contributed by atoms with Crippen molar-refractivity contribution in [1.82, 2.24) is 9.55 Å². The molecular formula is C9H14N2O. The molecule has 0 spiro atoms. The Kier molecular flexibility index (Phi) is 1.89. The summed E-state index contributed by atoms with van der Waals surface area (Å²) in [6.07, 6.45) is 4.97. The van der Waals surface area contributed by atoms with E-state index in [1.165, 1.54) is 11.4 Å². The lowest BCUT2D eigenvalue weighted by molar-refractivity contribution is 0.211. The zero-order valence-electron chi connectivity index (χ0n) is 7.32. The molecule has 1 N–H and O–H groups in total. The van der Waals surface area contributed by atoms with Gasteiger partial charge in [0.1, 0.15) is 0 Å². The molecule has 1 aromatic rings. The normalized spacial score (nSPS) is 22.3. The molecule has 0 radical (unpaired) electrons. The maximum absolute atomic E-state index is 9.02. The molecule has 1 heterocycles. The van der Waals surface area contributed by atoms with Crippen molar-refractivity contribution in [2.45, 2.75) is 19.3 Å². The highest BCUT2D eigenvalue weighted by Gasteiger charge is 2.20. The van der Waals surface area contributed by atoms with E-state index in [2.05, 4.69) is 9.55 Å². The van der Waals surface area contributed by atoms with Crippen molar-refractivity contribution in [1.29, 1.82) is 0 Å². The van der Waals surface area contributed by atoms with Crippen molar-refractivity contribution < 1.29 is 5.11 Å². The maximum Gasteiger partial charge on any atom is 0.0949 e. The smallest absolute Gasteiger partial charge is 0.0949 e. The summed E-state index contributed by atoms with van der Waals surface area (Å²) in [5, 5.41) is 9.02. The second-order valence-corrected chi connectivity index (χ2v) is 3.54. The minimum absolute atomic E-state index is 0.310. The van der Waals surface area contributed by atoms with Crippen LogP contribution in [0.4, 0.5) is 0 Å². The highest BCUT2D eigenvalue weighted by atomic mass is 16.3. The van der Waals surface area contributed by atoms with E-state index in [1.807, 2.05) is 13.4 Å². The van der Waals surface area contributed by atoms with E-state index in [4.69, 9.17) is 5.11 Å². The zero-order chi connectivity index (χ0) is 8.55. The molecule has 1 aromatic heterocycles. The first-order chi connectivity index (χ1) is 5.81. The van der Waals surface area contributed by atoms with Gasteiger partial charge in [-0.05, 0) is 25.2 Å². The Balaban J connectivity index is 2.26. The van der Waals surface area contributed by atoms with E-state index in [9.17, 15) is 0 Å². The summed E-state index contributed by atoms with van der Waals surface area (Å²) in [6.45, 7) is 0.310. The monoisotopic (exact) mass is 166 g/mol. The molecule has 1 aliphatic rings. The van der Waals surface area contributed by atoms with Gasteiger partial charge in [0.2, 0.25) is 0 Å². The number of fused-ring (bicyclic) bond motifs is 1. The van der Waals surface area contributed by atoms with Gasteiger partial charge in [-0.1, -0.05) is 0 Å². The summed E-state index contributed by atoms with van der Waals surface area (Å²) >= 11 is 0. The van der Waals surface area contributed by atoms with Crippen molar-refractivity contribution in [3.05, 3.63) is 17.7 Å². The fraction of sp³-hybridized carbons (Fsp3) is 0.667. The van der Waals surface area contributed by atoms with Crippen LogP contribution < -0.4 is 0 Å². The Morgan fingerprint density at radius 3 is 3.33 bits per heavy atom. The van der Waals surface area contributed by atoms with Gasteiger partial charge in [0, 0.05) is 19.3 Å². The third-order valence-corrected chi connectivity index (χ3v) is 2.68. The van der Waals surface area contributed by atoms with Crippen LogP contribution in [0.2, 0.25) is 0 Å². The van der Waals surface area contributed by atoms with Gasteiger partial charge in [0.05, 0.1) is 12.0 Å². The first kappa shape index (κ1) is 7.80. The van der Waals surface area contributed by atoms with Crippen molar-refractivity contribution in [3.63, 3.8) is 0 Å². The summed E-state index contributed by atoms with van der Waals surface area (Å²) in [5.41, 5.74) is 2.53. The number of hydrogen-bond acceptors (Lipinski definition) is 2. The fourth-order valence-electron chi connectivity index (χ4n) is 1.85. The summed E-state index contributed by atoms with van der Waals surface area (Å²) < 4.78 is 2.07. The number of aliphatic hydroxyl groups excluding tert-OH is 1. The Hall–Kier alpha value is -0.830. The van der Waals surface area contributed by atoms with Crippen molar-refractivity contribution in [3.8, 4) is 0 Å². The van der Waals surface area contributed by atoms with E-state index in [1.54, 1.807) is 0 Å². The molecule has 1 unspecified atom stereocenters. The van der Waals surface area contributed by atoms with Gasteiger partial charge in [-0.25, -0.2) is 4.98 Å². The molecule has 12 heavy (non-hydrogen) atoms. The molecule has 0 amide bonds. The second kappa shape index (κ2) is 2.90. The molecule has 3 heteroatoms. The predicted octanol–water partition coefficient (Wildman–Crippen LogP) is 0.517. The molecule has 0 aliphatic heterocycles. The highest BCUT2D eigenvalue weighted by Crippen LogP contribution is 2.23. The molecular weight excluding hydrogens is 152 g/mol. The molecule has 2 rings (SSSR count). The minimum atomic E-state index is 0.310. The van der Waals surface area contributed by atoms with Gasteiger partial charge in [-0.3, -0.25) is 0 Å².